The largest absolute Gasteiger partial charge is 0.462 e. The van der Waals surface area contributed by atoms with E-state index in [1.807, 2.05) is 33.2 Å². The van der Waals surface area contributed by atoms with E-state index >= 15 is 0 Å². The second kappa shape index (κ2) is 7.53. The predicted octanol–water partition coefficient (Wildman–Crippen LogP) is 4.13. The summed E-state index contributed by atoms with van der Waals surface area (Å²) in [6.07, 6.45) is 1.61. The van der Waals surface area contributed by atoms with Gasteiger partial charge in [-0.05, 0) is 36.8 Å². The number of hydrogen-bond acceptors (Lipinski definition) is 5. The van der Waals surface area contributed by atoms with Gasteiger partial charge in [0.2, 0.25) is 0 Å². The zero-order valence-corrected chi connectivity index (χ0v) is 15.4. The van der Waals surface area contributed by atoms with Gasteiger partial charge in [0.15, 0.2) is 10.8 Å². The summed E-state index contributed by atoms with van der Waals surface area (Å²) in [4.78, 5) is 21.0. The van der Waals surface area contributed by atoms with E-state index in [2.05, 4.69) is 34.1 Å². The molecule has 6 heteroatoms. The summed E-state index contributed by atoms with van der Waals surface area (Å²) in [6.45, 7) is 3.17. The van der Waals surface area contributed by atoms with Gasteiger partial charge in [-0.2, -0.15) is 0 Å². The van der Waals surface area contributed by atoms with Crippen LogP contribution in [0.1, 0.15) is 23.0 Å². The molecular weight excluding hydrogens is 334 g/mol. The van der Waals surface area contributed by atoms with Crippen molar-refractivity contribution in [3.05, 3.63) is 59.3 Å². The molecule has 1 aromatic carbocycles. The third-order valence-corrected chi connectivity index (χ3v) is 4.81. The van der Waals surface area contributed by atoms with Crippen LogP contribution in [-0.2, 0) is 6.54 Å². The summed E-state index contributed by atoms with van der Waals surface area (Å²) in [6, 6.07) is 11.9. The average molecular weight is 355 g/mol. The highest BCUT2D eigenvalue weighted by atomic mass is 32.1. The minimum atomic E-state index is -0.0618. The van der Waals surface area contributed by atoms with Gasteiger partial charge in [-0.3, -0.25) is 4.79 Å². The first kappa shape index (κ1) is 17.2. The quantitative estimate of drug-likeness (QED) is 0.667. The molecular formula is C19H21N3O2S. The van der Waals surface area contributed by atoms with E-state index in [-0.39, 0.29) is 5.91 Å². The summed E-state index contributed by atoms with van der Waals surface area (Å²) in [5.74, 6) is 0.625. The van der Waals surface area contributed by atoms with Gasteiger partial charge in [-0.15, -0.1) is 11.3 Å². The molecule has 0 atom stereocenters. The van der Waals surface area contributed by atoms with Gasteiger partial charge in [-0.25, -0.2) is 4.98 Å². The standard InChI is InChI=1S/C19H21N3O2S/c1-4-22(12-14-7-9-15(10-8-14)21(2)3)19(23)16-13-25-18(20-16)17-6-5-11-24-17/h5-11,13H,4,12H2,1-3H3. The number of hydrogen-bond donors (Lipinski definition) is 0. The minimum Gasteiger partial charge on any atom is -0.462 e. The van der Waals surface area contributed by atoms with Gasteiger partial charge in [0, 0.05) is 38.3 Å². The van der Waals surface area contributed by atoms with Crippen molar-refractivity contribution in [2.24, 2.45) is 0 Å². The number of amides is 1. The molecule has 0 fully saturated rings. The Morgan fingerprint density at radius 1 is 1.20 bits per heavy atom. The maximum Gasteiger partial charge on any atom is 0.273 e. The Morgan fingerprint density at radius 2 is 1.96 bits per heavy atom. The van der Waals surface area contributed by atoms with Crippen molar-refractivity contribution in [1.29, 1.82) is 0 Å². The summed E-state index contributed by atoms with van der Waals surface area (Å²) in [5.41, 5.74) is 2.70. The normalized spacial score (nSPS) is 10.7. The number of aromatic nitrogens is 1. The van der Waals surface area contributed by atoms with Crippen LogP contribution in [0.25, 0.3) is 10.8 Å². The number of rotatable bonds is 6. The predicted molar refractivity (Wildman–Crippen MR) is 101 cm³/mol. The molecule has 0 aliphatic rings. The van der Waals surface area contributed by atoms with Crippen LogP contribution in [0.3, 0.4) is 0 Å². The number of anilines is 1. The Hall–Kier alpha value is -2.60. The van der Waals surface area contributed by atoms with Crippen LogP contribution in [0.5, 0.6) is 0 Å². The molecule has 130 valence electrons. The van der Waals surface area contributed by atoms with E-state index in [1.54, 1.807) is 16.5 Å². The Morgan fingerprint density at radius 3 is 2.56 bits per heavy atom. The SMILES string of the molecule is CCN(Cc1ccc(N(C)C)cc1)C(=O)c1csc(-c2ccco2)n1. The first-order valence-corrected chi connectivity index (χ1v) is 9.01. The fourth-order valence-electron chi connectivity index (χ4n) is 2.49. The molecule has 2 aromatic heterocycles. The van der Waals surface area contributed by atoms with Crippen LogP contribution in [0.4, 0.5) is 5.69 Å². The van der Waals surface area contributed by atoms with Crippen LogP contribution in [0, 0.1) is 0 Å². The Kier molecular flexibility index (Phi) is 5.19. The molecule has 5 nitrogen and oxygen atoms in total. The molecule has 0 saturated heterocycles. The summed E-state index contributed by atoms with van der Waals surface area (Å²) >= 11 is 1.42. The van der Waals surface area contributed by atoms with Crippen LogP contribution >= 0.6 is 11.3 Å². The van der Waals surface area contributed by atoms with Crippen LogP contribution in [-0.4, -0.2) is 36.4 Å². The van der Waals surface area contributed by atoms with Crippen LogP contribution < -0.4 is 4.90 Å². The fraction of sp³-hybridized carbons (Fsp3) is 0.263. The molecule has 0 aliphatic heterocycles. The monoisotopic (exact) mass is 355 g/mol. The number of carbonyl (C=O) groups is 1. The fourth-order valence-corrected chi connectivity index (χ4v) is 3.25. The van der Waals surface area contributed by atoms with Crippen molar-refractivity contribution in [2.75, 3.05) is 25.5 Å². The summed E-state index contributed by atoms with van der Waals surface area (Å²) in [5, 5.41) is 2.51. The van der Waals surface area contributed by atoms with Gasteiger partial charge in [0.05, 0.1) is 6.26 Å². The van der Waals surface area contributed by atoms with Crippen LogP contribution in [0.2, 0.25) is 0 Å². The van der Waals surface area contributed by atoms with E-state index < -0.39 is 0 Å². The number of furan rings is 1. The molecule has 0 unspecified atom stereocenters. The van der Waals surface area contributed by atoms with Gasteiger partial charge >= 0.3 is 0 Å². The summed E-state index contributed by atoms with van der Waals surface area (Å²) in [7, 11) is 4.02. The van der Waals surface area contributed by atoms with E-state index in [4.69, 9.17) is 4.42 Å². The number of benzene rings is 1. The number of thiazole rings is 1. The lowest BCUT2D eigenvalue weighted by molar-refractivity contribution is 0.0747. The van der Waals surface area contributed by atoms with Crippen molar-refractivity contribution in [2.45, 2.75) is 13.5 Å². The maximum absolute atomic E-state index is 12.8. The molecule has 0 N–H and O–H groups in total. The summed E-state index contributed by atoms with van der Waals surface area (Å²) < 4.78 is 5.34. The van der Waals surface area contributed by atoms with Gasteiger partial charge in [0.1, 0.15) is 5.69 Å². The smallest absolute Gasteiger partial charge is 0.273 e. The van der Waals surface area contributed by atoms with Gasteiger partial charge in [0.25, 0.3) is 5.91 Å². The third kappa shape index (κ3) is 3.91. The molecule has 0 bridgehead atoms. The van der Waals surface area contributed by atoms with Crippen molar-refractivity contribution >= 4 is 22.9 Å². The lowest BCUT2D eigenvalue weighted by Crippen LogP contribution is -2.30. The third-order valence-electron chi connectivity index (χ3n) is 3.95. The zero-order chi connectivity index (χ0) is 17.8. The topological polar surface area (TPSA) is 49.6 Å². The molecule has 25 heavy (non-hydrogen) atoms. The van der Waals surface area contributed by atoms with Crippen LogP contribution in [0.15, 0.2) is 52.5 Å². The lowest BCUT2D eigenvalue weighted by atomic mass is 10.2. The van der Waals surface area contributed by atoms with Crippen molar-refractivity contribution < 1.29 is 9.21 Å². The lowest BCUT2D eigenvalue weighted by Gasteiger charge is -2.20. The Labute approximate surface area is 151 Å². The highest BCUT2D eigenvalue weighted by Gasteiger charge is 2.19. The van der Waals surface area contributed by atoms with Crippen molar-refractivity contribution in [3.8, 4) is 10.8 Å². The van der Waals surface area contributed by atoms with Gasteiger partial charge in [-0.1, -0.05) is 12.1 Å². The Bertz CT molecular complexity index is 823. The van der Waals surface area contributed by atoms with Crippen molar-refractivity contribution in [1.82, 2.24) is 9.88 Å². The molecule has 1 amide bonds. The molecule has 0 spiro atoms. The Balaban J connectivity index is 1.73. The van der Waals surface area contributed by atoms with E-state index in [0.717, 1.165) is 16.3 Å². The maximum atomic E-state index is 12.8. The second-order valence-corrected chi connectivity index (χ2v) is 6.75. The van der Waals surface area contributed by atoms with E-state index in [1.165, 1.54) is 11.3 Å². The highest BCUT2D eigenvalue weighted by molar-refractivity contribution is 7.13. The number of carbonyl (C=O) groups excluding carboxylic acids is 1. The van der Waals surface area contributed by atoms with E-state index in [9.17, 15) is 4.79 Å². The molecule has 0 aliphatic carbocycles. The molecule has 3 aromatic rings. The number of nitrogens with zero attached hydrogens (tertiary/aromatic N) is 3. The molecule has 0 saturated carbocycles. The molecule has 0 radical (unpaired) electrons. The molecule has 3 rings (SSSR count). The minimum absolute atomic E-state index is 0.0618. The first-order valence-electron chi connectivity index (χ1n) is 8.13. The highest BCUT2D eigenvalue weighted by Crippen LogP contribution is 2.25. The van der Waals surface area contributed by atoms with Crippen molar-refractivity contribution in [3.63, 3.8) is 0 Å². The van der Waals surface area contributed by atoms with E-state index in [0.29, 0.717) is 24.5 Å². The molecule has 2 heterocycles. The van der Waals surface area contributed by atoms with Gasteiger partial charge < -0.3 is 14.2 Å². The first-order chi connectivity index (χ1) is 12.1. The zero-order valence-electron chi connectivity index (χ0n) is 14.6. The average Bonchev–Trinajstić information content (AvgIpc) is 3.30. The second-order valence-electron chi connectivity index (χ2n) is 5.90.